The maximum absolute atomic E-state index is 9.60. The van der Waals surface area contributed by atoms with Gasteiger partial charge < -0.3 is 20.5 Å². The number of rotatable bonds is 6. The van der Waals surface area contributed by atoms with E-state index in [0.29, 0.717) is 29.5 Å². The summed E-state index contributed by atoms with van der Waals surface area (Å²) in [7, 11) is 0. The summed E-state index contributed by atoms with van der Waals surface area (Å²) in [6.45, 7) is 2.82. The normalized spacial score (nSPS) is 18.2. The molecular formula is C19H23BrN6O2. The number of fused-ring (bicyclic) bond motifs is 1. The molecule has 1 fully saturated rings. The van der Waals surface area contributed by atoms with Crippen LogP contribution in [0.15, 0.2) is 35.1 Å². The third-order valence-electron chi connectivity index (χ3n) is 4.55. The van der Waals surface area contributed by atoms with Crippen molar-refractivity contribution in [1.29, 1.82) is 0 Å². The number of benzene rings is 1. The Morgan fingerprint density at radius 3 is 2.82 bits per heavy atom. The number of anilines is 3. The van der Waals surface area contributed by atoms with Gasteiger partial charge in [0.2, 0.25) is 5.95 Å². The van der Waals surface area contributed by atoms with Crippen LogP contribution in [0.5, 0.6) is 0 Å². The van der Waals surface area contributed by atoms with Gasteiger partial charge in [-0.05, 0) is 50.5 Å². The van der Waals surface area contributed by atoms with Gasteiger partial charge in [0.25, 0.3) is 0 Å². The van der Waals surface area contributed by atoms with E-state index in [9.17, 15) is 5.11 Å². The highest BCUT2D eigenvalue weighted by molar-refractivity contribution is 9.10. The number of ether oxygens (including phenoxy) is 1. The number of nitrogens with one attached hydrogen (secondary N) is 2. The molecule has 0 aliphatic carbocycles. The molecule has 28 heavy (non-hydrogen) atoms. The molecule has 3 heterocycles. The van der Waals surface area contributed by atoms with Gasteiger partial charge in [-0.2, -0.15) is 9.97 Å². The van der Waals surface area contributed by atoms with E-state index in [-0.39, 0.29) is 6.23 Å². The van der Waals surface area contributed by atoms with Crippen molar-refractivity contribution in [2.75, 3.05) is 23.8 Å². The number of aliphatic hydroxyl groups excluding tert-OH is 1. The van der Waals surface area contributed by atoms with Crippen molar-refractivity contribution in [3.05, 3.63) is 35.1 Å². The monoisotopic (exact) mass is 446 g/mol. The molecule has 2 atom stereocenters. The van der Waals surface area contributed by atoms with E-state index in [2.05, 4.69) is 41.5 Å². The standard InChI is InChI=1S/C19H23BrN6O2/c1-12(27)10-21-19-24-17(23-14-7-5-13(20)6-8-14)16-18(25-19)26(11-22-16)15-4-2-3-9-28-15/h5-8,11-12,15,27H,2-4,9-10H2,1H3,(H2,21,23,24,25). The minimum Gasteiger partial charge on any atom is -0.392 e. The highest BCUT2D eigenvalue weighted by Crippen LogP contribution is 2.30. The molecule has 3 aromatic rings. The molecule has 1 aromatic carbocycles. The summed E-state index contributed by atoms with van der Waals surface area (Å²) in [6.07, 6.45) is 4.32. The van der Waals surface area contributed by atoms with Crippen LogP contribution in [-0.2, 0) is 4.74 Å². The number of nitrogens with zero attached hydrogens (tertiary/aromatic N) is 4. The van der Waals surface area contributed by atoms with Crippen LogP contribution in [0.1, 0.15) is 32.4 Å². The molecule has 0 amide bonds. The summed E-state index contributed by atoms with van der Waals surface area (Å²) < 4.78 is 8.89. The lowest BCUT2D eigenvalue weighted by atomic mass is 10.2. The summed E-state index contributed by atoms with van der Waals surface area (Å²) in [5.74, 6) is 1.04. The average Bonchev–Trinajstić information content (AvgIpc) is 3.13. The third-order valence-corrected chi connectivity index (χ3v) is 5.08. The predicted molar refractivity (Wildman–Crippen MR) is 112 cm³/mol. The van der Waals surface area contributed by atoms with Crippen molar-refractivity contribution in [2.24, 2.45) is 0 Å². The molecule has 4 rings (SSSR count). The highest BCUT2D eigenvalue weighted by atomic mass is 79.9. The van der Waals surface area contributed by atoms with Gasteiger partial charge in [-0.3, -0.25) is 4.57 Å². The van der Waals surface area contributed by atoms with Gasteiger partial charge in [-0.1, -0.05) is 15.9 Å². The van der Waals surface area contributed by atoms with Crippen molar-refractivity contribution >= 4 is 44.5 Å². The van der Waals surface area contributed by atoms with Crippen molar-refractivity contribution in [3.63, 3.8) is 0 Å². The molecule has 2 unspecified atom stereocenters. The Labute approximate surface area is 171 Å². The molecular weight excluding hydrogens is 424 g/mol. The van der Waals surface area contributed by atoms with Gasteiger partial charge in [0.1, 0.15) is 6.23 Å². The first kappa shape index (κ1) is 19.1. The lowest BCUT2D eigenvalue weighted by molar-refractivity contribution is -0.0298. The molecule has 148 valence electrons. The summed E-state index contributed by atoms with van der Waals surface area (Å²) in [5.41, 5.74) is 2.28. The Morgan fingerprint density at radius 1 is 1.29 bits per heavy atom. The maximum Gasteiger partial charge on any atom is 0.226 e. The molecule has 2 aromatic heterocycles. The highest BCUT2D eigenvalue weighted by Gasteiger charge is 2.21. The topological polar surface area (TPSA) is 97.1 Å². The van der Waals surface area contributed by atoms with Gasteiger partial charge in [0, 0.05) is 23.3 Å². The number of aromatic nitrogens is 4. The van der Waals surface area contributed by atoms with Gasteiger partial charge in [0.15, 0.2) is 17.0 Å². The van der Waals surface area contributed by atoms with E-state index >= 15 is 0 Å². The van der Waals surface area contributed by atoms with E-state index in [1.165, 1.54) is 0 Å². The Morgan fingerprint density at radius 2 is 2.11 bits per heavy atom. The lowest BCUT2D eigenvalue weighted by Crippen LogP contribution is -2.19. The van der Waals surface area contributed by atoms with Crippen molar-refractivity contribution in [1.82, 2.24) is 19.5 Å². The predicted octanol–water partition coefficient (Wildman–Crippen LogP) is 3.82. The zero-order valence-electron chi connectivity index (χ0n) is 15.6. The van der Waals surface area contributed by atoms with Crippen molar-refractivity contribution in [2.45, 2.75) is 38.5 Å². The van der Waals surface area contributed by atoms with Crippen LogP contribution in [-0.4, -0.2) is 43.9 Å². The minimum absolute atomic E-state index is 0.0706. The van der Waals surface area contributed by atoms with Crippen molar-refractivity contribution < 1.29 is 9.84 Å². The van der Waals surface area contributed by atoms with Crippen LogP contribution < -0.4 is 10.6 Å². The van der Waals surface area contributed by atoms with E-state index in [1.807, 2.05) is 28.8 Å². The van der Waals surface area contributed by atoms with Crippen LogP contribution in [0.2, 0.25) is 0 Å². The first-order chi connectivity index (χ1) is 13.6. The molecule has 3 N–H and O–H groups in total. The fourth-order valence-corrected chi connectivity index (χ4v) is 3.41. The molecule has 8 nitrogen and oxygen atoms in total. The number of imidazole rings is 1. The van der Waals surface area contributed by atoms with Gasteiger partial charge in [0.05, 0.1) is 12.4 Å². The molecule has 0 radical (unpaired) electrons. The van der Waals surface area contributed by atoms with Crippen LogP contribution in [0, 0.1) is 0 Å². The fourth-order valence-electron chi connectivity index (χ4n) is 3.15. The number of halogens is 1. The molecule has 9 heteroatoms. The quantitative estimate of drug-likeness (QED) is 0.529. The van der Waals surface area contributed by atoms with Gasteiger partial charge in [-0.25, -0.2) is 4.98 Å². The molecule has 0 bridgehead atoms. The SMILES string of the molecule is CC(O)CNc1nc(Nc2ccc(Br)cc2)c2ncn(C3CCCCO3)c2n1. The third kappa shape index (κ3) is 4.26. The van der Waals surface area contributed by atoms with E-state index in [1.54, 1.807) is 13.3 Å². The smallest absolute Gasteiger partial charge is 0.226 e. The first-order valence-corrected chi connectivity index (χ1v) is 10.2. The molecule has 0 saturated carbocycles. The summed E-state index contributed by atoms with van der Waals surface area (Å²) in [5, 5.41) is 16.0. The van der Waals surface area contributed by atoms with Crippen LogP contribution in [0.25, 0.3) is 11.2 Å². The number of hydrogen-bond donors (Lipinski definition) is 3. The summed E-state index contributed by atoms with van der Waals surface area (Å²) >= 11 is 3.45. The summed E-state index contributed by atoms with van der Waals surface area (Å²) in [4.78, 5) is 13.8. The van der Waals surface area contributed by atoms with Gasteiger partial charge >= 0.3 is 0 Å². The minimum atomic E-state index is -0.506. The van der Waals surface area contributed by atoms with Crippen LogP contribution in [0.4, 0.5) is 17.5 Å². The van der Waals surface area contributed by atoms with Crippen molar-refractivity contribution in [3.8, 4) is 0 Å². The second kappa shape index (κ2) is 8.42. The van der Waals surface area contributed by atoms with E-state index in [0.717, 1.165) is 36.0 Å². The molecule has 0 spiro atoms. The summed E-state index contributed by atoms with van der Waals surface area (Å²) in [6, 6.07) is 7.84. The lowest BCUT2D eigenvalue weighted by Gasteiger charge is -2.24. The van der Waals surface area contributed by atoms with E-state index < -0.39 is 6.10 Å². The Hall–Kier alpha value is -2.23. The zero-order valence-corrected chi connectivity index (χ0v) is 17.2. The number of aliphatic hydroxyl groups is 1. The Kier molecular flexibility index (Phi) is 5.74. The molecule has 1 aliphatic heterocycles. The molecule has 1 saturated heterocycles. The van der Waals surface area contributed by atoms with Crippen LogP contribution >= 0.6 is 15.9 Å². The molecule has 1 aliphatic rings. The van der Waals surface area contributed by atoms with Crippen LogP contribution in [0.3, 0.4) is 0 Å². The number of hydrogen-bond acceptors (Lipinski definition) is 7. The maximum atomic E-state index is 9.60. The van der Waals surface area contributed by atoms with Gasteiger partial charge in [-0.15, -0.1) is 0 Å². The average molecular weight is 447 g/mol. The second-order valence-electron chi connectivity index (χ2n) is 6.90. The first-order valence-electron chi connectivity index (χ1n) is 9.41. The fraction of sp³-hybridized carbons (Fsp3) is 0.421. The van der Waals surface area contributed by atoms with E-state index in [4.69, 9.17) is 4.74 Å². The largest absolute Gasteiger partial charge is 0.392 e. The zero-order chi connectivity index (χ0) is 19.5. The Bertz CT molecular complexity index is 937. The Balaban J connectivity index is 1.73. The second-order valence-corrected chi connectivity index (χ2v) is 7.82.